The molecule has 1 unspecified atom stereocenters. The summed E-state index contributed by atoms with van der Waals surface area (Å²) in [5.41, 5.74) is 1.58. The van der Waals surface area contributed by atoms with Gasteiger partial charge in [0, 0.05) is 10.6 Å². The van der Waals surface area contributed by atoms with Crippen LogP contribution in [0.15, 0.2) is 34.8 Å². The molecule has 0 saturated carbocycles. The Hall–Kier alpha value is -0.970. The Morgan fingerprint density at radius 1 is 1.20 bits per heavy atom. The number of hydrogen-bond acceptors (Lipinski definition) is 1. The van der Waals surface area contributed by atoms with E-state index in [0.29, 0.717) is 10.6 Å². The van der Waals surface area contributed by atoms with Crippen LogP contribution in [0.2, 0.25) is 5.02 Å². The zero-order chi connectivity index (χ0) is 14.9. The van der Waals surface area contributed by atoms with Crippen LogP contribution >= 0.6 is 27.5 Å². The maximum atomic E-state index is 14.2. The minimum Gasteiger partial charge on any atom is -0.309 e. The summed E-state index contributed by atoms with van der Waals surface area (Å²) in [6.07, 6.45) is 0. The van der Waals surface area contributed by atoms with Crippen molar-refractivity contribution in [3.8, 4) is 0 Å². The highest BCUT2D eigenvalue weighted by molar-refractivity contribution is 9.10. The van der Waals surface area contributed by atoms with Gasteiger partial charge in [-0.3, -0.25) is 0 Å². The minimum absolute atomic E-state index is 0.0485. The van der Waals surface area contributed by atoms with Crippen LogP contribution in [-0.2, 0) is 0 Å². The molecule has 0 saturated heterocycles. The van der Waals surface area contributed by atoms with Gasteiger partial charge in [-0.1, -0.05) is 23.7 Å². The van der Waals surface area contributed by atoms with Crippen LogP contribution in [0.3, 0.4) is 0 Å². The zero-order valence-electron chi connectivity index (χ0n) is 11.0. The zero-order valence-corrected chi connectivity index (χ0v) is 13.3. The molecule has 0 bridgehead atoms. The highest BCUT2D eigenvalue weighted by atomic mass is 79.9. The van der Waals surface area contributed by atoms with Crippen molar-refractivity contribution in [2.75, 3.05) is 7.05 Å². The highest BCUT2D eigenvalue weighted by Gasteiger charge is 2.24. The maximum Gasteiger partial charge on any atom is 0.145 e. The lowest BCUT2D eigenvalue weighted by Gasteiger charge is -2.20. The summed E-state index contributed by atoms with van der Waals surface area (Å²) in [7, 11) is 1.64. The predicted octanol–water partition coefficient (Wildman–Crippen LogP) is 5.00. The van der Waals surface area contributed by atoms with Gasteiger partial charge in [0.1, 0.15) is 11.6 Å². The van der Waals surface area contributed by atoms with E-state index < -0.39 is 17.7 Å². The molecule has 0 aromatic heterocycles. The fourth-order valence-corrected chi connectivity index (χ4v) is 2.82. The maximum absolute atomic E-state index is 14.2. The van der Waals surface area contributed by atoms with Crippen LogP contribution in [0.25, 0.3) is 0 Å². The van der Waals surface area contributed by atoms with Gasteiger partial charge >= 0.3 is 0 Å². The Balaban J connectivity index is 2.61. The van der Waals surface area contributed by atoms with Crippen molar-refractivity contribution in [2.45, 2.75) is 13.0 Å². The summed E-state index contributed by atoms with van der Waals surface area (Å²) in [6, 6.07) is 7.33. The first-order valence-electron chi connectivity index (χ1n) is 6.02. The van der Waals surface area contributed by atoms with Gasteiger partial charge in [0.15, 0.2) is 0 Å². The van der Waals surface area contributed by atoms with Crippen molar-refractivity contribution in [1.82, 2.24) is 5.32 Å². The Kier molecular flexibility index (Phi) is 4.78. The van der Waals surface area contributed by atoms with Gasteiger partial charge in [-0.05, 0) is 59.2 Å². The van der Waals surface area contributed by atoms with Gasteiger partial charge < -0.3 is 5.32 Å². The molecule has 1 atom stereocenters. The molecule has 0 fully saturated rings. The lowest BCUT2D eigenvalue weighted by Crippen LogP contribution is -2.21. The van der Waals surface area contributed by atoms with E-state index in [1.807, 2.05) is 13.0 Å². The SMILES string of the molecule is CNC(c1ccc(C)cc1Cl)c1c(F)ccc(Br)c1F. The van der Waals surface area contributed by atoms with Crippen LogP contribution in [0.1, 0.15) is 22.7 Å². The molecule has 0 aliphatic heterocycles. The molecule has 1 N–H and O–H groups in total. The second kappa shape index (κ2) is 6.20. The number of halogens is 4. The van der Waals surface area contributed by atoms with Gasteiger partial charge in [-0.25, -0.2) is 8.78 Å². The molecule has 0 amide bonds. The fourth-order valence-electron chi connectivity index (χ4n) is 2.13. The standard InChI is InChI=1S/C15H13BrClF2N/c1-8-3-4-9(11(17)7-8)15(20-2)13-12(18)6-5-10(16)14(13)19/h3-7,15,20H,1-2H3. The summed E-state index contributed by atoms with van der Waals surface area (Å²) in [4.78, 5) is 0. The van der Waals surface area contributed by atoms with Gasteiger partial charge in [-0.15, -0.1) is 0 Å². The van der Waals surface area contributed by atoms with E-state index in [1.54, 1.807) is 19.2 Å². The average Bonchev–Trinajstić information content (AvgIpc) is 2.40. The third-order valence-electron chi connectivity index (χ3n) is 3.12. The Morgan fingerprint density at radius 2 is 1.90 bits per heavy atom. The number of nitrogens with one attached hydrogen (secondary N) is 1. The first-order chi connectivity index (χ1) is 9.45. The molecule has 0 aliphatic rings. The lowest BCUT2D eigenvalue weighted by atomic mass is 9.97. The van der Waals surface area contributed by atoms with Crippen molar-refractivity contribution in [1.29, 1.82) is 0 Å². The Bertz CT molecular complexity index is 646. The summed E-state index contributed by atoms with van der Waals surface area (Å²) in [5.74, 6) is -1.23. The largest absolute Gasteiger partial charge is 0.309 e. The summed E-state index contributed by atoms with van der Waals surface area (Å²) in [6.45, 7) is 1.91. The Morgan fingerprint density at radius 3 is 2.50 bits per heavy atom. The monoisotopic (exact) mass is 359 g/mol. The molecule has 0 radical (unpaired) electrons. The molecule has 0 spiro atoms. The number of rotatable bonds is 3. The molecule has 2 rings (SSSR count). The molecule has 2 aromatic rings. The molecule has 2 aromatic carbocycles. The Labute approximate surface area is 130 Å². The smallest absolute Gasteiger partial charge is 0.145 e. The molecule has 0 heterocycles. The second-order valence-corrected chi connectivity index (χ2v) is 5.77. The summed E-state index contributed by atoms with van der Waals surface area (Å²) < 4.78 is 28.5. The topological polar surface area (TPSA) is 12.0 Å². The van der Waals surface area contributed by atoms with E-state index in [1.165, 1.54) is 12.1 Å². The quantitative estimate of drug-likeness (QED) is 0.760. The average molecular weight is 361 g/mol. The number of benzene rings is 2. The number of hydrogen-bond donors (Lipinski definition) is 1. The summed E-state index contributed by atoms with van der Waals surface area (Å²) in [5, 5.41) is 3.39. The van der Waals surface area contributed by atoms with Crippen LogP contribution in [0, 0.1) is 18.6 Å². The normalized spacial score (nSPS) is 12.5. The van der Waals surface area contributed by atoms with E-state index in [2.05, 4.69) is 21.2 Å². The van der Waals surface area contributed by atoms with Crippen LogP contribution in [0.4, 0.5) is 8.78 Å². The predicted molar refractivity (Wildman–Crippen MR) is 81.1 cm³/mol. The van der Waals surface area contributed by atoms with Crippen molar-refractivity contribution in [2.24, 2.45) is 0 Å². The molecular weight excluding hydrogens is 348 g/mol. The van der Waals surface area contributed by atoms with Crippen LogP contribution in [0.5, 0.6) is 0 Å². The van der Waals surface area contributed by atoms with Crippen LogP contribution in [-0.4, -0.2) is 7.05 Å². The summed E-state index contributed by atoms with van der Waals surface area (Å²) >= 11 is 9.28. The van der Waals surface area contributed by atoms with Crippen molar-refractivity contribution >= 4 is 27.5 Å². The molecule has 0 aliphatic carbocycles. The first-order valence-corrected chi connectivity index (χ1v) is 7.19. The minimum atomic E-state index is -0.652. The highest BCUT2D eigenvalue weighted by Crippen LogP contribution is 2.34. The molecule has 20 heavy (non-hydrogen) atoms. The fraction of sp³-hybridized carbons (Fsp3) is 0.200. The van der Waals surface area contributed by atoms with Crippen molar-refractivity contribution < 1.29 is 8.78 Å². The van der Waals surface area contributed by atoms with Gasteiger partial charge in [0.2, 0.25) is 0 Å². The first kappa shape index (κ1) is 15.4. The van der Waals surface area contributed by atoms with Crippen LogP contribution < -0.4 is 5.32 Å². The third-order valence-corrected chi connectivity index (χ3v) is 4.06. The van der Waals surface area contributed by atoms with E-state index >= 15 is 0 Å². The molecular formula is C15H13BrClF2N. The number of aryl methyl sites for hydroxylation is 1. The van der Waals surface area contributed by atoms with Gasteiger partial charge in [0.25, 0.3) is 0 Å². The van der Waals surface area contributed by atoms with E-state index in [0.717, 1.165) is 5.56 Å². The van der Waals surface area contributed by atoms with Crippen molar-refractivity contribution in [3.63, 3.8) is 0 Å². The second-order valence-electron chi connectivity index (χ2n) is 4.50. The van der Waals surface area contributed by atoms with Crippen molar-refractivity contribution in [3.05, 3.63) is 68.2 Å². The third kappa shape index (κ3) is 2.87. The van der Waals surface area contributed by atoms with E-state index in [9.17, 15) is 8.78 Å². The molecule has 1 nitrogen and oxygen atoms in total. The van der Waals surface area contributed by atoms with E-state index in [-0.39, 0.29) is 10.0 Å². The lowest BCUT2D eigenvalue weighted by molar-refractivity contribution is 0.518. The molecule has 5 heteroatoms. The van der Waals surface area contributed by atoms with Gasteiger partial charge in [-0.2, -0.15) is 0 Å². The van der Waals surface area contributed by atoms with E-state index in [4.69, 9.17) is 11.6 Å². The molecule has 106 valence electrons. The van der Waals surface area contributed by atoms with Gasteiger partial charge in [0.05, 0.1) is 10.5 Å².